The molecule has 8 aromatic rings. The molecule has 1 atom stereocenters. The van der Waals surface area contributed by atoms with Gasteiger partial charge in [-0.3, -0.25) is 0 Å². The number of aryl methyl sites for hydroxylation is 1. The van der Waals surface area contributed by atoms with Crippen molar-refractivity contribution in [3.8, 4) is 22.3 Å². The second-order valence-corrected chi connectivity index (χ2v) is 15.4. The van der Waals surface area contributed by atoms with E-state index in [1.807, 2.05) is 11.3 Å². The number of nitrogens with zero attached hydrogens (tertiary/aromatic N) is 1. The molecule has 2 heterocycles. The van der Waals surface area contributed by atoms with Crippen LogP contribution in [0.3, 0.4) is 0 Å². The fourth-order valence-electron chi connectivity index (χ4n) is 9.14. The molecule has 0 bridgehead atoms. The largest absolute Gasteiger partial charge is 0.301 e. The quantitative estimate of drug-likeness (QED) is 0.182. The number of anilines is 3. The Bertz CT molecular complexity index is 2650. The Kier molecular flexibility index (Phi) is 5.87. The van der Waals surface area contributed by atoms with Crippen molar-refractivity contribution in [1.82, 2.24) is 0 Å². The van der Waals surface area contributed by atoms with Crippen molar-refractivity contribution in [3.63, 3.8) is 0 Å². The van der Waals surface area contributed by atoms with Crippen LogP contribution < -0.4 is 4.90 Å². The highest BCUT2D eigenvalue weighted by Gasteiger charge is 2.52. The molecule has 1 spiro atoms. The van der Waals surface area contributed by atoms with E-state index in [0.717, 1.165) is 12.8 Å². The summed E-state index contributed by atoms with van der Waals surface area (Å²) in [5, 5.41) is 7.34. The Labute approximate surface area is 294 Å². The second-order valence-electron chi connectivity index (χ2n) is 13.5. The standard InChI is InChI=1S/C46H31NS2/c1-2-16-34-35-25-26-39-44(45(35)49-42(34)21-3-1)36-17-7-9-19-38(36)46(39)37-18-8-6-15-32(37)33-24-23-30(28-40(33)46)47(43-22-11-27-48-43)41-20-10-13-29-12-4-5-14-31(29)41/h3-15,17-28H,1-2,16H2. The van der Waals surface area contributed by atoms with E-state index in [0.29, 0.717) is 0 Å². The first-order valence-corrected chi connectivity index (χ1v) is 18.9. The number of hydrogen-bond acceptors (Lipinski definition) is 3. The lowest BCUT2D eigenvalue weighted by Crippen LogP contribution is -2.26. The van der Waals surface area contributed by atoms with Gasteiger partial charge in [-0.15, -0.1) is 22.7 Å². The molecule has 0 saturated heterocycles. The summed E-state index contributed by atoms with van der Waals surface area (Å²) < 4.78 is 1.44. The zero-order chi connectivity index (χ0) is 32.1. The van der Waals surface area contributed by atoms with E-state index in [1.165, 1.54) is 98.6 Å². The molecule has 0 N–H and O–H groups in total. The predicted molar refractivity (Wildman–Crippen MR) is 210 cm³/mol. The third kappa shape index (κ3) is 3.69. The molecular weight excluding hydrogens is 631 g/mol. The van der Waals surface area contributed by atoms with Crippen molar-refractivity contribution in [1.29, 1.82) is 0 Å². The van der Waals surface area contributed by atoms with Crippen LogP contribution in [0.2, 0.25) is 0 Å². The van der Waals surface area contributed by atoms with Crippen molar-refractivity contribution < 1.29 is 0 Å². The number of rotatable bonds is 3. The molecule has 11 rings (SSSR count). The smallest absolute Gasteiger partial charge is 0.0999 e. The maximum Gasteiger partial charge on any atom is 0.0999 e. The van der Waals surface area contributed by atoms with Crippen LogP contribution in [-0.4, -0.2) is 0 Å². The minimum Gasteiger partial charge on any atom is -0.301 e. The van der Waals surface area contributed by atoms with E-state index in [9.17, 15) is 0 Å². The summed E-state index contributed by atoms with van der Waals surface area (Å²) >= 11 is 3.79. The Morgan fingerprint density at radius 1 is 0.612 bits per heavy atom. The predicted octanol–water partition coefficient (Wildman–Crippen LogP) is 13.3. The van der Waals surface area contributed by atoms with Gasteiger partial charge in [0.15, 0.2) is 0 Å². The van der Waals surface area contributed by atoms with Gasteiger partial charge in [0.2, 0.25) is 0 Å². The number of fused-ring (bicyclic) bond motifs is 15. The molecule has 1 nitrogen and oxygen atoms in total. The van der Waals surface area contributed by atoms with E-state index in [2.05, 4.69) is 156 Å². The lowest BCUT2D eigenvalue weighted by atomic mass is 9.70. The molecule has 6 aromatic carbocycles. The van der Waals surface area contributed by atoms with Crippen LogP contribution in [0.4, 0.5) is 16.4 Å². The van der Waals surface area contributed by atoms with Gasteiger partial charge in [-0.2, -0.15) is 0 Å². The Hall–Kier alpha value is -5.22. The Morgan fingerprint density at radius 2 is 1.41 bits per heavy atom. The minimum atomic E-state index is -0.404. The van der Waals surface area contributed by atoms with Crippen molar-refractivity contribution in [2.45, 2.75) is 24.7 Å². The van der Waals surface area contributed by atoms with Crippen molar-refractivity contribution in [2.75, 3.05) is 4.90 Å². The first-order valence-electron chi connectivity index (χ1n) is 17.2. The van der Waals surface area contributed by atoms with E-state index >= 15 is 0 Å². The molecule has 0 saturated carbocycles. The van der Waals surface area contributed by atoms with Crippen LogP contribution >= 0.6 is 22.7 Å². The summed E-state index contributed by atoms with van der Waals surface area (Å²) in [5.41, 5.74) is 14.6. The maximum atomic E-state index is 2.51. The van der Waals surface area contributed by atoms with E-state index < -0.39 is 5.41 Å². The summed E-state index contributed by atoms with van der Waals surface area (Å²) in [5.74, 6) is 0. The highest BCUT2D eigenvalue weighted by molar-refractivity contribution is 7.20. The zero-order valence-corrected chi connectivity index (χ0v) is 28.5. The first kappa shape index (κ1) is 27.7. The molecule has 3 heteroatoms. The van der Waals surface area contributed by atoms with Gasteiger partial charge < -0.3 is 4.90 Å². The van der Waals surface area contributed by atoms with Gasteiger partial charge in [0.25, 0.3) is 0 Å². The summed E-state index contributed by atoms with van der Waals surface area (Å²) in [6.45, 7) is 0. The number of thiophene rings is 2. The van der Waals surface area contributed by atoms with Gasteiger partial charge in [0.1, 0.15) is 0 Å². The van der Waals surface area contributed by atoms with E-state index in [4.69, 9.17) is 0 Å². The highest BCUT2D eigenvalue weighted by Crippen LogP contribution is 2.65. The summed E-state index contributed by atoms with van der Waals surface area (Å²) in [4.78, 5) is 3.91. The average molecular weight is 662 g/mol. The van der Waals surface area contributed by atoms with Gasteiger partial charge in [0.05, 0.1) is 16.1 Å². The van der Waals surface area contributed by atoms with Crippen LogP contribution in [0.1, 0.15) is 45.5 Å². The SMILES string of the molecule is C1=Cc2sc3c4c(ccc3c2CCC1)C1(c2ccccc2-c2ccc(N(c3cccs3)c3cccc5ccccc35)cc21)c1ccccc1-4. The van der Waals surface area contributed by atoms with Crippen molar-refractivity contribution in [2.24, 2.45) is 0 Å². The topological polar surface area (TPSA) is 3.24 Å². The molecule has 49 heavy (non-hydrogen) atoms. The third-order valence-corrected chi connectivity index (χ3v) is 13.2. The minimum absolute atomic E-state index is 0.404. The lowest BCUT2D eigenvalue weighted by molar-refractivity contribution is 0.794. The average Bonchev–Trinajstić information content (AvgIpc) is 3.89. The first-order chi connectivity index (χ1) is 24.3. The van der Waals surface area contributed by atoms with Gasteiger partial charge in [-0.1, -0.05) is 109 Å². The van der Waals surface area contributed by atoms with Crippen LogP contribution in [0.25, 0.3) is 49.2 Å². The molecule has 0 aliphatic heterocycles. The Morgan fingerprint density at radius 3 is 2.31 bits per heavy atom. The van der Waals surface area contributed by atoms with Crippen LogP contribution in [-0.2, 0) is 11.8 Å². The monoisotopic (exact) mass is 661 g/mol. The molecule has 232 valence electrons. The van der Waals surface area contributed by atoms with Crippen molar-refractivity contribution >= 4 is 66.0 Å². The molecule has 0 amide bonds. The normalized spacial score (nSPS) is 16.7. The zero-order valence-electron chi connectivity index (χ0n) is 26.8. The number of allylic oxidation sites excluding steroid dienone is 1. The van der Waals surface area contributed by atoms with Crippen LogP contribution in [0.15, 0.2) is 145 Å². The number of hydrogen-bond donors (Lipinski definition) is 0. The molecule has 1 unspecified atom stereocenters. The van der Waals surface area contributed by atoms with Gasteiger partial charge in [0, 0.05) is 26.2 Å². The summed E-state index contributed by atoms with van der Waals surface area (Å²) in [6.07, 6.45) is 8.28. The van der Waals surface area contributed by atoms with E-state index in [1.54, 1.807) is 11.3 Å². The molecular formula is C46H31NS2. The third-order valence-electron chi connectivity index (χ3n) is 11.1. The molecule has 0 fully saturated rings. The molecule has 3 aliphatic carbocycles. The Balaban J connectivity index is 1.23. The van der Waals surface area contributed by atoms with Gasteiger partial charge in [-0.05, 0) is 116 Å². The molecule has 3 aliphatic rings. The van der Waals surface area contributed by atoms with Crippen LogP contribution in [0, 0.1) is 0 Å². The van der Waals surface area contributed by atoms with Crippen LogP contribution in [0.5, 0.6) is 0 Å². The highest BCUT2D eigenvalue weighted by atomic mass is 32.1. The molecule has 2 aromatic heterocycles. The summed E-state index contributed by atoms with van der Waals surface area (Å²) in [6, 6.07) is 50.4. The fourth-order valence-corrected chi connectivity index (χ4v) is 11.2. The van der Waals surface area contributed by atoms with E-state index in [-0.39, 0.29) is 0 Å². The van der Waals surface area contributed by atoms with Gasteiger partial charge >= 0.3 is 0 Å². The number of benzene rings is 6. The summed E-state index contributed by atoms with van der Waals surface area (Å²) in [7, 11) is 0. The second kappa shape index (κ2) is 10.4. The maximum absolute atomic E-state index is 2.51. The molecule has 0 radical (unpaired) electrons. The van der Waals surface area contributed by atoms with Crippen molar-refractivity contribution in [3.05, 3.63) is 178 Å². The fraction of sp³-hybridized carbons (Fsp3) is 0.0870. The van der Waals surface area contributed by atoms with Gasteiger partial charge in [-0.25, -0.2) is 0 Å². The lowest BCUT2D eigenvalue weighted by Gasteiger charge is -2.32.